The van der Waals surface area contributed by atoms with Gasteiger partial charge in [0.15, 0.2) is 0 Å². The van der Waals surface area contributed by atoms with Gasteiger partial charge < -0.3 is 4.90 Å². The van der Waals surface area contributed by atoms with Gasteiger partial charge in [0.25, 0.3) is 5.69 Å². The normalized spacial score (nSPS) is 15.6. The number of hydrogen-bond acceptors (Lipinski definition) is 6. The highest BCUT2D eigenvalue weighted by Gasteiger charge is 2.29. The molecule has 2 heterocycles. The minimum Gasteiger partial charge on any atom is -0.354 e. The minimum absolute atomic E-state index is 0.0472. The summed E-state index contributed by atoms with van der Waals surface area (Å²) in [4.78, 5) is 16.9. The van der Waals surface area contributed by atoms with Crippen molar-refractivity contribution in [2.24, 2.45) is 0 Å². The monoisotopic (exact) mass is 404 g/mol. The van der Waals surface area contributed by atoms with Gasteiger partial charge in [-0.3, -0.25) is 10.1 Å². The third-order valence-electron chi connectivity index (χ3n) is 4.88. The van der Waals surface area contributed by atoms with Crippen LogP contribution < -0.4 is 4.90 Å². The fourth-order valence-corrected chi connectivity index (χ4v) is 4.81. The van der Waals surface area contributed by atoms with E-state index in [1.165, 1.54) is 16.6 Å². The van der Waals surface area contributed by atoms with Crippen LogP contribution in [-0.2, 0) is 16.4 Å². The molecule has 0 saturated carbocycles. The van der Waals surface area contributed by atoms with Gasteiger partial charge in [-0.15, -0.1) is 0 Å². The van der Waals surface area contributed by atoms with Gasteiger partial charge in [-0.25, -0.2) is 13.4 Å². The highest BCUT2D eigenvalue weighted by Crippen LogP contribution is 2.24. The van der Waals surface area contributed by atoms with Crippen molar-refractivity contribution in [1.82, 2.24) is 9.29 Å². The summed E-state index contributed by atoms with van der Waals surface area (Å²) < 4.78 is 27.3. The maximum atomic E-state index is 12.9. The van der Waals surface area contributed by atoms with E-state index in [1.54, 1.807) is 19.1 Å². The zero-order valence-corrected chi connectivity index (χ0v) is 16.9. The van der Waals surface area contributed by atoms with Crippen molar-refractivity contribution in [3.05, 3.63) is 57.8 Å². The lowest BCUT2D eigenvalue weighted by molar-refractivity contribution is -0.385. The Morgan fingerprint density at radius 3 is 2.32 bits per heavy atom. The molecule has 0 bridgehead atoms. The topological polar surface area (TPSA) is 96.7 Å². The summed E-state index contributed by atoms with van der Waals surface area (Å²) >= 11 is 0. The van der Waals surface area contributed by atoms with Crippen LogP contribution in [0.15, 0.2) is 41.4 Å². The Labute approximate surface area is 165 Å². The van der Waals surface area contributed by atoms with Crippen LogP contribution >= 0.6 is 0 Å². The summed E-state index contributed by atoms with van der Waals surface area (Å²) in [7, 11) is -3.53. The molecule has 1 saturated heterocycles. The summed E-state index contributed by atoms with van der Waals surface area (Å²) in [5, 5.41) is 10.9. The average Bonchev–Trinajstić information content (AvgIpc) is 2.68. The van der Waals surface area contributed by atoms with Crippen LogP contribution in [0.2, 0.25) is 0 Å². The molecule has 0 radical (unpaired) electrons. The number of aromatic nitrogens is 1. The Hall–Kier alpha value is -2.52. The van der Waals surface area contributed by atoms with Crippen molar-refractivity contribution in [1.29, 1.82) is 0 Å². The summed E-state index contributed by atoms with van der Waals surface area (Å²) in [5.74, 6) is 0.659. The van der Waals surface area contributed by atoms with E-state index in [4.69, 9.17) is 0 Å². The minimum atomic E-state index is -3.53. The molecule has 0 unspecified atom stereocenters. The van der Waals surface area contributed by atoms with Crippen molar-refractivity contribution in [2.45, 2.75) is 31.6 Å². The Bertz CT molecular complexity index is 952. The van der Waals surface area contributed by atoms with Crippen molar-refractivity contribution in [2.75, 3.05) is 31.1 Å². The van der Waals surface area contributed by atoms with Gasteiger partial charge in [-0.1, -0.05) is 25.5 Å². The van der Waals surface area contributed by atoms with Crippen LogP contribution in [0.1, 0.15) is 24.5 Å². The molecular weight excluding hydrogens is 380 g/mol. The molecule has 1 aliphatic heterocycles. The number of nitrogens with zero attached hydrogens (tertiary/aromatic N) is 4. The van der Waals surface area contributed by atoms with E-state index in [0.29, 0.717) is 42.5 Å². The van der Waals surface area contributed by atoms with Gasteiger partial charge in [-0.05, 0) is 36.6 Å². The van der Waals surface area contributed by atoms with Crippen molar-refractivity contribution in [3.8, 4) is 0 Å². The SMILES string of the molecule is CCCc1ccc(S(=O)(=O)N2CCN(c3ncc([N+](=O)[O-])cc3C)CC2)cc1. The van der Waals surface area contributed by atoms with E-state index < -0.39 is 14.9 Å². The molecule has 1 aromatic carbocycles. The highest BCUT2D eigenvalue weighted by molar-refractivity contribution is 7.89. The van der Waals surface area contributed by atoms with Gasteiger partial charge in [0.05, 0.1) is 9.82 Å². The molecule has 0 N–H and O–H groups in total. The van der Waals surface area contributed by atoms with Gasteiger partial charge in [0.1, 0.15) is 12.0 Å². The number of piperazine rings is 1. The zero-order chi connectivity index (χ0) is 20.3. The second-order valence-electron chi connectivity index (χ2n) is 6.88. The predicted octanol–water partition coefficient (Wildman–Crippen LogP) is 2.76. The molecule has 1 aliphatic rings. The van der Waals surface area contributed by atoms with Crippen LogP contribution in [0, 0.1) is 17.0 Å². The third kappa shape index (κ3) is 4.15. The van der Waals surface area contributed by atoms with Gasteiger partial charge in [0, 0.05) is 32.2 Å². The fraction of sp³-hybridized carbons (Fsp3) is 0.421. The van der Waals surface area contributed by atoms with Crippen LogP contribution in [0.5, 0.6) is 0 Å². The molecule has 8 nitrogen and oxygen atoms in total. The van der Waals surface area contributed by atoms with Crippen molar-refractivity contribution >= 4 is 21.5 Å². The van der Waals surface area contributed by atoms with Gasteiger partial charge >= 0.3 is 0 Å². The first-order valence-corrected chi connectivity index (χ1v) is 10.7. The zero-order valence-electron chi connectivity index (χ0n) is 16.0. The summed E-state index contributed by atoms with van der Waals surface area (Å²) in [6, 6.07) is 8.58. The third-order valence-corrected chi connectivity index (χ3v) is 6.80. The van der Waals surface area contributed by atoms with E-state index in [9.17, 15) is 18.5 Å². The molecule has 1 aromatic heterocycles. The van der Waals surface area contributed by atoms with Gasteiger partial charge in [0.2, 0.25) is 10.0 Å². The Kier molecular flexibility index (Phi) is 5.95. The Morgan fingerprint density at radius 2 is 1.79 bits per heavy atom. The number of sulfonamides is 1. The molecule has 0 spiro atoms. The number of hydrogen-bond donors (Lipinski definition) is 0. The quantitative estimate of drug-likeness (QED) is 0.542. The van der Waals surface area contributed by atoms with E-state index in [-0.39, 0.29) is 5.69 Å². The molecule has 28 heavy (non-hydrogen) atoms. The maximum absolute atomic E-state index is 12.9. The van der Waals surface area contributed by atoms with E-state index in [2.05, 4.69) is 11.9 Å². The predicted molar refractivity (Wildman–Crippen MR) is 107 cm³/mol. The number of anilines is 1. The van der Waals surface area contributed by atoms with Crippen LogP contribution in [0.3, 0.4) is 0 Å². The molecule has 9 heteroatoms. The Balaban J connectivity index is 1.70. The van der Waals surface area contributed by atoms with Crippen LogP contribution in [-0.4, -0.2) is 48.8 Å². The lowest BCUT2D eigenvalue weighted by atomic mass is 10.1. The standard InChI is InChI=1S/C19H24N4O4S/c1-3-4-16-5-7-18(8-6-16)28(26,27)22-11-9-21(10-12-22)19-15(2)13-17(14-20-19)23(24)25/h5-8,13-14H,3-4,9-12H2,1-2H3. The lowest BCUT2D eigenvalue weighted by Crippen LogP contribution is -2.49. The number of nitro groups is 1. The highest BCUT2D eigenvalue weighted by atomic mass is 32.2. The number of aryl methyl sites for hydroxylation is 2. The number of pyridine rings is 1. The molecule has 150 valence electrons. The first-order valence-electron chi connectivity index (χ1n) is 9.28. The smallest absolute Gasteiger partial charge is 0.287 e. The fourth-order valence-electron chi connectivity index (χ4n) is 3.39. The first kappa shape index (κ1) is 20.2. The molecule has 0 atom stereocenters. The molecular formula is C19H24N4O4S. The Morgan fingerprint density at radius 1 is 1.14 bits per heavy atom. The average molecular weight is 404 g/mol. The second-order valence-corrected chi connectivity index (χ2v) is 8.81. The van der Waals surface area contributed by atoms with Gasteiger partial charge in [-0.2, -0.15) is 4.31 Å². The van der Waals surface area contributed by atoms with E-state index in [0.717, 1.165) is 18.4 Å². The summed E-state index contributed by atoms with van der Waals surface area (Å²) in [6.45, 7) is 5.52. The summed E-state index contributed by atoms with van der Waals surface area (Å²) in [6.07, 6.45) is 3.19. The van der Waals surface area contributed by atoms with E-state index in [1.807, 2.05) is 17.0 Å². The molecule has 0 amide bonds. The molecule has 1 fully saturated rings. The van der Waals surface area contributed by atoms with Crippen LogP contribution in [0.25, 0.3) is 0 Å². The maximum Gasteiger partial charge on any atom is 0.287 e. The first-order chi connectivity index (χ1) is 13.3. The lowest BCUT2D eigenvalue weighted by Gasteiger charge is -2.35. The molecule has 0 aliphatic carbocycles. The van der Waals surface area contributed by atoms with Crippen molar-refractivity contribution in [3.63, 3.8) is 0 Å². The summed E-state index contributed by atoms with van der Waals surface area (Å²) in [5.41, 5.74) is 1.79. The molecule has 3 rings (SSSR count). The van der Waals surface area contributed by atoms with E-state index >= 15 is 0 Å². The largest absolute Gasteiger partial charge is 0.354 e. The number of rotatable bonds is 6. The molecule has 2 aromatic rings. The number of benzene rings is 1. The second kappa shape index (κ2) is 8.24. The van der Waals surface area contributed by atoms with Crippen molar-refractivity contribution < 1.29 is 13.3 Å². The van der Waals surface area contributed by atoms with Crippen LogP contribution in [0.4, 0.5) is 11.5 Å².